The van der Waals surface area contributed by atoms with Crippen LogP contribution in [0.5, 0.6) is 5.75 Å². The van der Waals surface area contributed by atoms with E-state index < -0.39 is 0 Å². The molecule has 0 unspecified atom stereocenters. The maximum absolute atomic E-state index is 12.7. The van der Waals surface area contributed by atoms with Crippen molar-refractivity contribution in [1.82, 2.24) is 0 Å². The SMILES string of the molecule is Cc1cc2c(-c3c(Cl)c(Cl)c(Cl)c(Cl)c3C=O)c3cc(C)c(=O)c(C)c-3oc2c(C)c1O. The Hall–Kier alpha value is -2.24. The van der Waals surface area contributed by atoms with Gasteiger partial charge in [-0.2, -0.15) is 0 Å². The van der Waals surface area contributed by atoms with Gasteiger partial charge in [-0.15, -0.1) is 0 Å². The van der Waals surface area contributed by atoms with E-state index in [1.807, 2.05) is 0 Å². The van der Waals surface area contributed by atoms with Gasteiger partial charge in [-0.1, -0.05) is 46.4 Å². The molecule has 2 aromatic carbocycles. The molecule has 0 spiro atoms. The Morgan fingerprint density at radius 3 is 2.09 bits per heavy atom. The van der Waals surface area contributed by atoms with Gasteiger partial charge in [0.1, 0.15) is 17.1 Å². The summed E-state index contributed by atoms with van der Waals surface area (Å²) >= 11 is 25.6. The fourth-order valence-corrected chi connectivity index (χ4v) is 5.07. The van der Waals surface area contributed by atoms with Crippen LogP contribution in [-0.2, 0) is 0 Å². The highest BCUT2D eigenvalue weighted by atomic mass is 35.5. The number of phenolic OH excluding ortho intramolecular Hbond substituents is 1. The number of halogens is 4. The first kappa shape index (κ1) is 22.9. The van der Waals surface area contributed by atoms with Gasteiger partial charge < -0.3 is 9.52 Å². The molecular weight excluding hydrogens is 494 g/mol. The first-order chi connectivity index (χ1) is 15.0. The van der Waals surface area contributed by atoms with Crippen LogP contribution < -0.4 is 5.43 Å². The molecule has 4 nitrogen and oxygen atoms in total. The van der Waals surface area contributed by atoms with Gasteiger partial charge >= 0.3 is 0 Å². The van der Waals surface area contributed by atoms with Crippen molar-refractivity contribution in [3.63, 3.8) is 0 Å². The van der Waals surface area contributed by atoms with Gasteiger partial charge in [0.05, 0.1) is 20.1 Å². The van der Waals surface area contributed by atoms with Crippen molar-refractivity contribution < 1.29 is 14.3 Å². The lowest BCUT2D eigenvalue weighted by atomic mass is 9.87. The second kappa shape index (κ2) is 7.96. The van der Waals surface area contributed by atoms with Crippen molar-refractivity contribution in [1.29, 1.82) is 0 Å². The molecule has 1 aliphatic carbocycles. The Kier molecular flexibility index (Phi) is 5.71. The summed E-state index contributed by atoms with van der Waals surface area (Å²) in [6.07, 6.45) is 0.565. The molecular formula is C24H16Cl4O4. The normalized spacial score (nSPS) is 11.5. The van der Waals surface area contributed by atoms with Crippen LogP contribution in [0.25, 0.3) is 33.4 Å². The fourth-order valence-electron chi connectivity index (χ4n) is 4.06. The summed E-state index contributed by atoms with van der Waals surface area (Å²) in [6, 6.07) is 3.41. The minimum atomic E-state index is -0.172. The third kappa shape index (κ3) is 3.12. The zero-order chi connectivity index (χ0) is 23.6. The zero-order valence-electron chi connectivity index (χ0n) is 17.4. The number of benzene rings is 3. The molecule has 2 aromatic rings. The summed E-state index contributed by atoms with van der Waals surface area (Å²) in [7, 11) is 0. The fraction of sp³-hybridized carbons (Fsp3) is 0.167. The third-order valence-electron chi connectivity index (χ3n) is 5.73. The monoisotopic (exact) mass is 508 g/mol. The molecule has 0 saturated carbocycles. The first-order valence-corrected chi connectivity index (χ1v) is 11.0. The minimum Gasteiger partial charge on any atom is -0.507 e. The smallest absolute Gasteiger partial charge is 0.188 e. The second-order valence-electron chi connectivity index (χ2n) is 7.71. The standard InChI is InChI=1S/C24H16Cl4O4/c1-8-5-12-15(16-14(7-29)17(25)19(27)20(28)18(16)26)13-6-9(2)22(31)11(4)24(13)32-23(12)10(3)21(8)30/h5-7,30H,1-4H3. The average Bonchev–Trinajstić information content (AvgIpc) is 2.76. The minimum absolute atomic E-state index is 0.00198. The maximum Gasteiger partial charge on any atom is 0.188 e. The van der Waals surface area contributed by atoms with E-state index in [4.69, 9.17) is 50.8 Å². The summed E-state index contributed by atoms with van der Waals surface area (Å²) in [6.45, 7) is 6.80. The van der Waals surface area contributed by atoms with Crippen molar-refractivity contribution in [2.75, 3.05) is 0 Å². The summed E-state index contributed by atoms with van der Waals surface area (Å²) in [4.78, 5) is 24.8. The average molecular weight is 510 g/mol. The van der Waals surface area contributed by atoms with Gasteiger partial charge in [-0.25, -0.2) is 0 Å². The van der Waals surface area contributed by atoms with Crippen LogP contribution in [0.2, 0.25) is 20.1 Å². The Morgan fingerprint density at radius 1 is 0.844 bits per heavy atom. The Balaban J connectivity index is 2.41. The molecule has 164 valence electrons. The Morgan fingerprint density at radius 2 is 1.47 bits per heavy atom. The lowest BCUT2D eigenvalue weighted by molar-refractivity contribution is 0.112. The van der Waals surface area contributed by atoms with Crippen molar-refractivity contribution in [2.45, 2.75) is 27.7 Å². The number of aldehydes is 1. The number of carbonyl (C=O) groups is 1. The van der Waals surface area contributed by atoms with Gasteiger partial charge in [0.15, 0.2) is 11.7 Å². The van der Waals surface area contributed by atoms with E-state index in [-0.39, 0.29) is 42.4 Å². The molecule has 0 amide bonds. The quantitative estimate of drug-likeness (QED) is 0.129. The molecule has 0 fully saturated rings. The van der Waals surface area contributed by atoms with Crippen LogP contribution in [0.1, 0.15) is 32.6 Å². The summed E-state index contributed by atoms with van der Waals surface area (Å²) in [5.41, 5.74) is 3.51. The van der Waals surface area contributed by atoms with Gasteiger partial charge in [-0.05, 0) is 51.0 Å². The van der Waals surface area contributed by atoms with E-state index in [9.17, 15) is 14.7 Å². The van der Waals surface area contributed by atoms with Crippen molar-refractivity contribution in [3.05, 3.63) is 70.3 Å². The number of fused-ring (bicyclic) bond motifs is 2. The number of carbonyl (C=O) groups excluding carboxylic acids is 1. The predicted octanol–water partition coefficient (Wildman–Crippen LogP) is 7.93. The number of hydrogen-bond donors (Lipinski definition) is 1. The first-order valence-electron chi connectivity index (χ1n) is 9.52. The third-order valence-corrected chi connectivity index (χ3v) is 7.55. The predicted molar refractivity (Wildman–Crippen MR) is 131 cm³/mol. The lowest BCUT2D eigenvalue weighted by Crippen LogP contribution is -2.12. The lowest BCUT2D eigenvalue weighted by Gasteiger charge is -2.22. The maximum atomic E-state index is 12.7. The van der Waals surface area contributed by atoms with Crippen LogP contribution in [-0.4, -0.2) is 11.4 Å². The Bertz CT molecular complexity index is 1500. The van der Waals surface area contributed by atoms with Gasteiger partial charge in [0, 0.05) is 38.8 Å². The van der Waals surface area contributed by atoms with E-state index >= 15 is 0 Å². The molecule has 1 N–H and O–H groups in total. The zero-order valence-corrected chi connectivity index (χ0v) is 20.4. The number of aromatic hydroxyl groups is 1. The van der Waals surface area contributed by atoms with E-state index in [1.54, 1.807) is 39.8 Å². The molecule has 2 aliphatic rings. The van der Waals surface area contributed by atoms with E-state index in [0.29, 0.717) is 56.4 Å². The van der Waals surface area contributed by atoms with Crippen molar-refractivity contribution in [2.24, 2.45) is 0 Å². The van der Waals surface area contributed by atoms with Crippen LogP contribution >= 0.6 is 46.4 Å². The van der Waals surface area contributed by atoms with Crippen LogP contribution in [0.4, 0.5) is 0 Å². The number of phenols is 1. The van der Waals surface area contributed by atoms with E-state index in [1.165, 1.54) is 0 Å². The molecule has 8 heteroatoms. The molecule has 0 atom stereocenters. The molecule has 4 rings (SSSR count). The molecule has 0 bridgehead atoms. The second-order valence-corrected chi connectivity index (χ2v) is 9.22. The van der Waals surface area contributed by atoms with Crippen LogP contribution in [0.3, 0.4) is 0 Å². The molecule has 0 saturated heterocycles. The van der Waals surface area contributed by atoms with Crippen LogP contribution in [0.15, 0.2) is 21.3 Å². The van der Waals surface area contributed by atoms with E-state index in [0.717, 1.165) is 0 Å². The molecule has 0 aromatic heterocycles. The van der Waals surface area contributed by atoms with Gasteiger partial charge in [0.2, 0.25) is 0 Å². The van der Waals surface area contributed by atoms with Gasteiger partial charge in [-0.3, -0.25) is 9.59 Å². The van der Waals surface area contributed by atoms with Crippen molar-refractivity contribution >= 4 is 63.7 Å². The number of rotatable bonds is 2. The number of hydrogen-bond acceptors (Lipinski definition) is 4. The molecule has 1 aliphatic heterocycles. The van der Waals surface area contributed by atoms with E-state index in [2.05, 4.69) is 0 Å². The summed E-state index contributed by atoms with van der Waals surface area (Å²) < 4.78 is 6.16. The highest BCUT2D eigenvalue weighted by molar-refractivity contribution is 6.54. The van der Waals surface area contributed by atoms with Crippen molar-refractivity contribution in [3.8, 4) is 28.2 Å². The Labute approximate surface area is 203 Å². The molecule has 0 radical (unpaired) electrons. The van der Waals surface area contributed by atoms with Crippen LogP contribution in [0, 0.1) is 27.7 Å². The topological polar surface area (TPSA) is 67.5 Å². The highest BCUT2D eigenvalue weighted by Gasteiger charge is 2.29. The number of aryl methyl sites for hydroxylation is 3. The highest BCUT2D eigenvalue weighted by Crippen LogP contribution is 2.51. The van der Waals surface area contributed by atoms with Gasteiger partial charge in [0.25, 0.3) is 0 Å². The summed E-state index contributed by atoms with van der Waals surface area (Å²) in [5.74, 6) is 0.372. The largest absolute Gasteiger partial charge is 0.507 e. The molecule has 1 heterocycles. The summed E-state index contributed by atoms with van der Waals surface area (Å²) in [5, 5.41) is 11.1. The molecule has 32 heavy (non-hydrogen) atoms.